The van der Waals surface area contributed by atoms with Crippen molar-refractivity contribution in [1.82, 2.24) is 29.3 Å². The number of rotatable bonds is 5. The summed E-state index contributed by atoms with van der Waals surface area (Å²) in [5.41, 5.74) is 6.68. The van der Waals surface area contributed by atoms with Gasteiger partial charge in [0.1, 0.15) is 36.7 Å². The number of halogens is 3. The molecule has 1 amide bonds. The number of ether oxygens (including phenoxy) is 1. The first-order valence-corrected chi connectivity index (χ1v) is 8.72. The number of nitrogens with two attached hydrogens (primary N) is 1. The molecule has 1 aliphatic rings. The quantitative estimate of drug-likeness (QED) is 0.687. The number of pyridine rings is 1. The summed E-state index contributed by atoms with van der Waals surface area (Å²) >= 11 is 0. The van der Waals surface area contributed by atoms with Crippen LogP contribution in [0.4, 0.5) is 13.2 Å². The second-order valence-electron chi connectivity index (χ2n) is 6.49. The summed E-state index contributed by atoms with van der Waals surface area (Å²) < 4.78 is 46.6. The molecule has 4 heterocycles. The lowest BCUT2D eigenvalue weighted by Crippen LogP contribution is -2.19. The van der Waals surface area contributed by atoms with Gasteiger partial charge in [-0.05, 0) is 6.42 Å². The van der Waals surface area contributed by atoms with E-state index in [9.17, 15) is 18.0 Å². The molecule has 0 saturated carbocycles. The summed E-state index contributed by atoms with van der Waals surface area (Å²) in [4.78, 5) is 23.7. The number of imidazole rings is 1. The van der Waals surface area contributed by atoms with E-state index in [2.05, 4.69) is 20.1 Å². The van der Waals surface area contributed by atoms with Crippen LogP contribution in [0.5, 0.6) is 5.75 Å². The van der Waals surface area contributed by atoms with Gasteiger partial charge in [-0.1, -0.05) is 0 Å². The fourth-order valence-electron chi connectivity index (χ4n) is 3.06. The fourth-order valence-corrected chi connectivity index (χ4v) is 3.06. The molecular formula is C17H16F3N7O2. The van der Waals surface area contributed by atoms with Crippen molar-refractivity contribution in [3.63, 3.8) is 0 Å². The van der Waals surface area contributed by atoms with Crippen molar-refractivity contribution in [2.24, 2.45) is 5.73 Å². The van der Waals surface area contributed by atoms with E-state index < -0.39 is 18.6 Å². The van der Waals surface area contributed by atoms with Crippen LogP contribution in [0.25, 0.3) is 22.9 Å². The van der Waals surface area contributed by atoms with E-state index in [-0.39, 0.29) is 17.9 Å². The average Bonchev–Trinajstić information content (AvgIpc) is 3.22. The normalized spacial score (nSPS) is 13.3. The Hall–Kier alpha value is -3.44. The van der Waals surface area contributed by atoms with E-state index in [1.165, 1.54) is 0 Å². The van der Waals surface area contributed by atoms with E-state index >= 15 is 0 Å². The zero-order valence-corrected chi connectivity index (χ0v) is 15.1. The van der Waals surface area contributed by atoms with Crippen LogP contribution in [0.15, 0.2) is 24.8 Å². The second kappa shape index (κ2) is 7.18. The molecule has 0 atom stereocenters. The van der Waals surface area contributed by atoms with Crippen LogP contribution >= 0.6 is 0 Å². The van der Waals surface area contributed by atoms with Gasteiger partial charge >= 0.3 is 6.18 Å². The molecule has 152 valence electrons. The first kappa shape index (κ1) is 18.9. The summed E-state index contributed by atoms with van der Waals surface area (Å²) in [6.45, 7) is -0.472. The van der Waals surface area contributed by atoms with Gasteiger partial charge < -0.3 is 15.0 Å². The number of primary amides is 1. The molecule has 3 aromatic heterocycles. The van der Waals surface area contributed by atoms with Crippen molar-refractivity contribution in [1.29, 1.82) is 0 Å². The molecule has 3 aromatic rings. The summed E-state index contributed by atoms with van der Waals surface area (Å²) in [6.07, 6.45) is 0.373. The third-order valence-corrected chi connectivity index (χ3v) is 4.33. The first-order valence-electron chi connectivity index (χ1n) is 8.72. The van der Waals surface area contributed by atoms with E-state index in [1.54, 1.807) is 23.0 Å². The van der Waals surface area contributed by atoms with Crippen LogP contribution in [-0.2, 0) is 24.3 Å². The molecule has 1 aliphatic heterocycles. The number of hydrogen-bond donors (Lipinski definition) is 1. The van der Waals surface area contributed by atoms with Gasteiger partial charge in [-0.25, -0.2) is 14.6 Å². The number of carbonyl (C=O) groups is 1. The van der Waals surface area contributed by atoms with Crippen molar-refractivity contribution in [3.05, 3.63) is 30.5 Å². The van der Waals surface area contributed by atoms with Gasteiger partial charge in [-0.3, -0.25) is 9.78 Å². The second-order valence-corrected chi connectivity index (χ2v) is 6.49. The van der Waals surface area contributed by atoms with Crippen LogP contribution in [0.3, 0.4) is 0 Å². The SMILES string of the molecule is NC(=O)CCc1cc2c(cn1)-c1nc(-c3ncnn3CC(F)(F)F)cn1CCO2. The molecule has 0 aromatic carbocycles. The molecule has 0 bridgehead atoms. The van der Waals surface area contributed by atoms with Gasteiger partial charge in [-0.15, -0.1) is 0 Å². The smallest absolute Gasteiger partial charge is 0.408 e. The van der Waals surface area contributed by atoms with Crippen LogP contribution < -0.4 is 10.5 Å². The Labute approximate surface area is 162 Å². The number of fused-ring (bicyclic) bond motifs is 3. The monoisotopic (exact) mass is 407 g/mol. The lowest BCUT2D eigenvalue weighted by Gasteiger charge is -2.08. The third-order valence-electron chi connectivity index (χ3n) is 4.33. The number of alkyl halides is 3. The van der Waals surface area contributed by atoms with Gasteiger partial charge in [0, 0.05) is 30.6 Å². The predicted octanol–water partition coefficient (Wildman–Crippen LogP) is 1.58. The number of nitrogens with zero attached hydrogens (tertiary/aromatic N) is 6. The molecule has 2 N–H and O–H groups in total. The largest absolute Gasteiger partial charge is 0.491 e. The fraction of sp³-hybridized carbons (Fsp3) is 0.353. The minimum absolute atomic E-state index is 0.0244. The minimum atomic E-state index is -4.43. The lowest BCUT2D eigenvalue weighted by atomic mass is 10.1. The van der Waals surface area contributed by atoms with Crippen molar-refractivity contribution >= 4 is 5.91 Å². The van der Waals surface area contributed by atoms with Crippen LogP contribution in [0.1, 0.15) is 12.1 Å². The maximum absolute atomic E-state index is 12.8. The van der Waals surface area contributed by atoms with Crippen LogP contribution in [-0.4, -0.2) is 48.0 Å². The highest BCUT2D eigenvalue weighted by Crippen LogP contribution is 2.33. The number of aryl methyl sites for hydroxylation is 1. The Morgan fingerprint density at radius 1 is 1.28 bits per heavy atom. The number of amides is 1. The predicted molar refractivity (Wildman–Crippen MR) is 93.5 cm³/mol. The molecule has 12 heteroatoms. The highest BCUT2D eigenvalue weighted by molar-refractivity contribution is 5.74. The van der Waals surface area contributed by atoms with Crippen molar-refractivity contribution in [3.8, 4) is 28.7 Å². The van der Waals surface area contributed by atoms with Gasteiger partial charge in [0.05, 0.1) is 12.1 Å². The Morgan fingerprint density at radius 3 is 2.86 bits per heavy atom. The maximum Gasteiger partial charge on any atom is 0.408 e. The van der Waals surface area contributed by atoms with Crippen molar-refractivity contribution < 1.29 is 22.7 Å². The van der Waals surface area contributed by atoms with E-state index in [0.717, 1.165) is 11.0 Å². The summed E-state index contributed by atoms with van der Waals surface area (Å²) in [5, 5.41) is 3.65. The lowest BCUT2D eigenvalue weighted by molar-refractivity contribution is -0.142. The molecule has 0 saturated heterocycles. The highest BCUT2D eigenvalue weighted by atomic mass is 19.4. The standard InChI is InChI=1S/C17H16F3N7O2/c18-17(19,20)8-27-16(23-9-24-27)12-7-26-3-4-29-13-5-10(1-2-14(21)28)22-6-11(13)15(26)25-12/h5-7,9H,1-4,8H2,(H2,21,28). The Kier molecular flexibility index (Phi) is 4.68. The molecule has 0 spiro atoms. The molecule has 0 aliphatic carbocycles. The van der Waals surface area contributed by atoms with Gasteiger partial charge in [0.15, 0.2) is 5.82 Å². The molecule has 0 fully saturated rings. The highest BCUT2D eigenvalue weighted by Gasteiger charge is 2.31. The van der Waals surface area contributed by atoms with Gasteiger partial charge in [0.25, 0.3) is 0 Å². The van der Waals surface area contributed by atoms with Crippen molar-refractivity contribution in [2.45, 2.75) is 32.1 Å². The average molecular weight is 407 g/mol. The number of carbonyl (C=O) groups excluding carboxylic acids is 1. The van der Waals surface area contributed by atoms with Crippen LogP contribution in [0.2, 0.25) is 0 Å². The number of aromatic nitrogens is 6. The van der Waals surface area contributed by atoms with Gasteiger partial charge in [0.2, 0.25) is 5.91 Å². The Morgan fingerprint density at radius 2 is 2.10 bits per heavy atom. The molecule has 0 unspecified atom stereocenters. The summed E-state index contributed by atoms with van der Waals surface area (Å²) in [7, 11) is 0. The Balaban J connectivity index is 1.69. The number of hydrogen-bond acceptors (Lipinski definition) is 6. The molecule has 0 radical (unpaired) electrons. The zero-order chi connectivity index (χ0) is 20.6. The third kappa shape index (κ3) is 4.05. The molecular weight excluding hydrogens is 391 g/mol. The van der Waals surface area contributed by atoms with E-state index in [0.29, 0.717) is 42.4 Å². The maximum atomic E-state index is 12.8. The summed E-state index contributed by atoms with van der Waals surface area (Å²) in [5.74, 6) is 0.636. The zero-order valence-electron chi connectivity index (χ0n) is 15.1. The molecule has 9 nitrogen and oxygen atoms in total. The van der Waals surface area contributed by atoms with E-state index in [1.807, 2.05) is 0 Å². The molecule has 29 heavy (non-hydrogen) atoms. The van der Waals surface area contributed by atoms with Crippen LogP contribution in [0, 0.1) is 0 Å². The minimum Gasteiger partial charge on any atom is -0.491 e. The Bertz CT molecular complexity index is 1060. The topological polar surface area (TPSA) is 114 Å². The van der Waals surface area contributed by atoms with E-state index in [4.69, 9.17) is 10.5 Å². The van der Waals surface area contributed by atoms with Gasteiger partial charge in [-0.2, -0.15) is 18.3 Å². The molecule has 4 rings (SSSR count). The first-order chi connectivity index (χ1) is 13.8. The van der Waals surface area contributed by atoms with Crippen molar-refractivity contribution in [2.75, 3.05) is 6.61 Å². The summed E-state index contributed by atoms with van der Waals surface area (Å²) in [6, 6.07) is 1.72.